The Morgan fingerprint density at radius 2 is 1.97 bits per heavy atom. The summed E-state index contributed by atoms with van der Waals surface area (Å²) >= 11 is 12.1. The molecule has 0 unspecified atom stereocenters. The molecule has 30 heavy (non-hydrogen) atoms. The molecule has 1 aliphatic rings. The van der Waals surface area contributed by atoms with Gasteiger partial charge in [0.15, 0.2) is 11.7 Å². The van der Waals surface area contributed by atoms with Crippen molar-refractivity contribution in [2.24, 2.45) is 0 Å². The fourth-order valence-electron chi connectivity index (χ4n) is 3.29. The second kappa shape index (κ2) is 10.8. The summed E-state index contributed by atoms with van der Waals surface area (Å²) in [5, 5.41) is 3.92. The average Bonchev–Trinajstić information content (AvgIpc) is 3.19. The molecule has 0 aliphatic carbocycles. The molecule has 0 saturated carbocycles. The molecule has 3 rings (SSSR count). The van der Waals surface area contributed by atoms with Gasteiger partial charge in [-0.1, -0.05) is 30.1 Å². The Morgan fingerprint density at radius 3 is 2.67 bits per heavy atom. The standard InChI is InChI=1S/C21H26Cl2N4O3/c1-2-7-24-19(28)14-26-8-10-27(11-9-26)21(29)6-5-20-25-13-18(30-20)16-4-3-15(22)12-17(16)23/h3-4,12-13H,2,5-11,14H2,1H3,(H,24,28). The van der Waals surface area contributed by atoms with Crippen LogP contribution in [0, 0.1) is 0 Å². The second-order valence-corrected chi connectivity index (χ2v) is 8.09. The summed E-state index contributed by atoms with van der Waals surface area (Å²) in [5.41, 5.74) is 0.713. The van der Waals surface area contributed by atoms with Crippen LogP contribution in [0.4, 0.5) is 0 Å². The Hall–Kier alpha value is -2.09. The van der Waals surface area contributed by atoms with Crippen LogP contribution >= 0.6 is 23.2 Å². The number of carbonyl (C=O) groups excluding carboxylic acids is 2. The second-order valence-electron chi connectivity index (χ2n) is 7.25. The predicted octanol–water partition coefficient (Wildman–Crippen LogP) is 3.25. The molecule has 1 saturated heterocycles. The van der Waals surface area contributed by atoms with Crippen molar-refractivity contribution in [1.82, 2.24) is 20.1 Å². The first-order valence-corrected chi connectivity index (χ1v) is 10.9. The van der Waals surface area contributed by atoms with Crippen LogP contribution in [-0.2, 0) is 16.0 Å². The smallest absolute Gasteiger partial charge is 0.234 e. The molecule has 1 aromatic heterocycles. The number of oxazole rings is 1. The normalized spacial score (nSPS) is 14.7. The van der Waals surface area contributed by atoms with Crippen molar-refractivity contribution < 1.29 is 14.0 Å². The van der Waals surface area contributed by atoms with Crippen molar-refractivity contribution >= 4 is 35.0 Å². The summed E-state index contributed by atoms with van der Waals surface area (Å²) in [7, 11) is 0. The van der Waals surface area contributed by atoms with Gasteiger partial charge in [-0.15, -0.1) is 0 Å². The number of piperazine rings is 1. The van der Waals surface area contributed by atoms with E-state index in [1.165, 1.54) is 0 Å². The van der Waals surface area contributed by atoms with E-state index < -0.39 is 0 Å². The van der Waals surface area contributed by atoms with Gasteiger partial charge < -0.3 is 14.6 Å². The lowest BCUT2D eigenvalue weighted by Gasteiger charge is -2.34. The number of amides is 2. The lowest BCUT2D eigenvalue weighted by atomic mass is 10.2. The van der Waals surface area contributed by atoms with Gasteiger partial charge >= 0.3 is 0 Å². The molecule has 2 amide bonds. The quantitative estimate of drug-likeness (QED) is 0.664. The van der Waals surface area contributed by atoms with E-state index in [1.807, 2.05) is 11.8 Å². The summed E-state index contributed by atoms with van der Waals surface area (Å²) in [5.74, 6) is 1.15. The Kier molecular flexibility index (Phi) is 8.13. The number of hydrogen-bond donors (Lipinski definition) is 1. The molecule has 162 valence electrons. The van der Waals surface area contributed by atoms with Gasteiger partial charge in [-0.3, -0.25) is 14.5 Å². The van der Waals surface area contributed by atoms with E-state index >= 15 is 0 Å². The van der Waals surface area contributed by atoms with E-state index in [-0.39, 0.29) is 11.8 Å². The maximum Gasteiger partial charge on any atom is 0.234 e. The molecule has 1 fully saturated rings. The van der Waals surface area contributed by atoms with E-state index in [0.717, 1.165) is 6.42 Å². The molecule has 1 aromatic carbocycles. The number of nitrogens with one attached hydrogen (secondary N) is 1. The van der Waals surface area contributed by atoms with Gasteiger partial charge in [0.25, 0.3) is 0 Å². The van der Waals surface area contributed by atoms with Crippen LogP contribution in [0.1, 0.15) is 25.7 Å². The van der Waals surface area contributed by atoms with E-state index in [1.54, 1.807) is 24.4 Å². The van der Waals surface area contributed by atoms with E-state index in [9.17, 15) is 9.59 Å². The van der Waals surface area contributed by atoms with Crippen molar-refractivity contribution in [3.8, 4) is 11.3 Å². The molecule has 1 N–H and O–H groups in total. The van der Waals surface area contributed by atoms with Gasteiger partial charge in [-0.2, -0.15) is 0 Å². The van der Waals surface area contributed by atoms with Crippen LogP contribution in [0.2, 0.25) is 10.0 Å². The van der Waals surface area contributed by atoms with E-state index in [2.05, 4.69) is 15.2 Å². The van der Waals surface area contributed by atoms with Crippen LogP contribution in [-0.4, -0.2) is 65.9 Å². The number of aryl methyl sites for hydroxylation is 1. The van der Waals surface area contributed by atoms with Crippen LogP contribution in [0.5, 0.6) is 0 Å². The van der Waals surface area contributed by atoms with E-state index in [0.29, 0.717) is 79.4 Å². The monoisotopic (exact) mass is 452 g/mol. The van der Waals surface area contributed by atoms with Crippen LogP contribution in [0.25, 0.3) is 11.3 Å². The fraction of sp³-hybridized carbons (Fsp3) is 0.476. The molecule has 1 aliphatic heterocycles. The Balaban J connectivity index is 1.44. The first-order valence-electron chi connectivity index (χ1n) is 10.1. The Morgan fingerprint density at radius 1 is 1.20 bits per heavy atom. The Bertz CT molecular complexity index is 879. The molecule has 9 heteroatoms. The largest absolute Gasteiger partial charge is 0.441 e. The maximum atomic E-state index is 12.5. The number of benzene rings is 1. The van der Waals surface area contributed by atoms with E-state index in [4.69, 9.17) is 27.6 Å². The highest BCUT2D eigenvalue weighted by atomic mass is 35.5. The number of halogens is 2. The zero-order chi connectivity index (χ0) is 21.5. The van der Waals surface area contributed by atoms with Crippen LogP contribution in [0.15, 0.2) is 28.8 Å². The van der Waals surface area contributed by atoms with Gasteiger partial charge in [0.05, 0.1) is 17.8 Å². The van der Waals surface area contributed by atoms with Gasteiger partial charge in [0, 0.05) is 56.2 Å². The molecule has 2 heterocycles. The summed E-state index contributed by atoms with van der Waals surface area (Å²) in [6.45, 7) is 5.75. The first kappa shape index (κ1) is 22.6. The molecule has 0 atom stereocenters. The number of nitrogens with zero attached hydrogens (tertiary/aromatic N) is 3. The molecular weight excluding hydrogens is 427 g/mol. The van der Waals surface area contributed by atoms with Crippen molar-refractivity contribution in [2.75, 3.05) is 39.3 Å². The number of aromatic nitrogens is 1. The summed E-state index contributed by atoms with van der Waals surface area (Å²) in [6.07, 6.45) is 3.28. The van der Waals surface area contributed by atoms with Gasteiger partial charge in [-0.05, 0) is 24.6 Å². The first-order chi connectivity index (χ1) is 14.5. The van der Waals surface area contributed by atoms with Gasteiger partial charge in [0.1, 0.15) is 0 Å². The summed E-state index contributed by atoms with van der Waals surface area (Å²) in [6, 6.07) is 5.17. The van der Waals surface area contributed by atoms with Crippen molar-refractivity contribution in [3.63, 3.8) is 0 Å². The third kappa shape index (κ3) is 6.20. The minimum atomic E-state index is 0.0390. The average molecular weight is 453 g/mol. The number of rotatable bonds is 8. The van der Waals surface area contributed by atoms with Crippen molar-refractivity contribution in [2.45, 2.75) is 26.2 Å². The van der Waals surface area contributed by atoms with Crippen molar-refractivity contribution in [1.29, 1.82) is 0 Å². The topological polar surface area (TPSA) is 78.7 Å². The molecule has 2 aromatic rings. The highest BCUT2D eigenvalue weighted by Crippen LogP contribution is 2.30. The maximum absolute atomic E-state index is 12.5. The zero-order valence-corrected chi connectivity index (χ0v) is 18.5. The van der Waals surface area contributed by atoms with Crippen LogP contribution < -0.4 is 5.32 Å². The lowest BCUT2D eigenvalue weighted by Crippen LogP contribution is -2.51. The minimum Gasteiger partial charge on any atom is -0.441 e. The fourth-order valence-corrected chi connectivity index (χ4v) is 3.79. The third-order valence-corrected chi connectivity index (χ3v) is 5.52. The third-order valence-electron chi connectivity index (χ3n) is 4.97. The molecular formula is C21H26Cl2N4O3. The van der Waals surface area contributed by atoms with Crippen LogP contribution in [0.3, 0.4) is 0 Å². The lowest BCUT2D eigenvalue weighted by molar-refractivity contribution is -0.133. The summed E-state index contributed by atoms with van der Waals surface area (Å²) < 4.78 is 5.76. The molecule has 0 spiro atoms. The van der Waals surface area contributed by atoms with Crippen molar-refractivity contribution in [3.05, 3.63) is 40.3 Å². The highest BCUT2D eigenvalue weighted by molar-refractivity contribution is 6.36. The number of hydrogen-bond acceptors (Lipinski definition) is 5. The highest BCUT2D eigenvalue weighted by Gasteiger charge is 2.22. The SMILES string of the molecule is CCCNC(=O)CN1CCN(C(=O)CCc2ncc(-c3ccc(Cl)cc3Cl)o2)CC1. The number of carbonyl (C=O) groups is 2. The molecule has 0 bridgehead atoms. The summed E-state index contributed by atoms with van der Waals surface area (Å²) in [4.78, 5) is 32.5. The predicted molar refractivity (Wildman–Crippen MR) is 117 cm³/mol. The Labute approximate surface area is 186 Å². The zero-order valence-electron chi connectivity index (χ0n) is 17.0. The molecule has 7 nitrogen and oxygen atoms in total. The minimum absolute atomic E-state index is 0.0390. The van der Waals surface area contributed by atoms with Gasteiger partial charge in [-0.25, -0.2) is 4.98 Å². The molecule has 0 radical (unpaired) electrons. The van der Waals surface area contributed by atoms with Gasteiger partial charge in [0.2, 0.25) is 11.8 Å².